The van der Waals surface area contributed by atoms with Crippen LogP contribution in [-0.2, 0) is 13.1 Å². The molecule has 2 rings (SSSR count). The van der Waals surface area contributed by atoms with E-state index in [2.05, 4.69) is 22.5 Å². The Bertz CT molecular complexity index is 511. The first-order valence-corrected chi connectivity index (χ1v) is 7.05. The van der Waals surface area contributed by atoms with Gasteiger partial charge in [0.05, 0.1) is 13.7 Å². The van der Waals surface area contributed by atoms with Crippen LogP contribution in [0.15, 0.2) is 48.5 Å². The molecule has 0 N–H and O–H groups in total. The first kappa shape index (κ1) is 13.8. The number of methoxy groups -OCH3 is 1. The molecule has 1 heterocycles. The molecule has 19 heavy (non-hydrogen) atoms. The predicted molar refractivity (Wildman–Crippen MR) is 79.4 cm³/mol. The Morgan fingerprint density at radius 3 is 2.89 bits per heavy atom. The van der Waals surface area contributed by atoms with Crippen LogP contribution in [0.25, 0.3) is 0 Å². The lowest BCUT2D eigenvalue weighted by molar-refractivity contribution is 0.279. The van der Waals surface area contributed by atoms with Crippen molar-refractivity contribution < 1.29 is 4.74 Å². The fourth-order valence-electron chi connectivity index (χ4n) is 1.96. The topological polar surface area (TPSA) is 25.4 Å². The van der Waals surface area contributed by atoms with Crippen LogP contribution in [0.5, 0.6) is 5.75 Å². The fourth-order valence-corrected chi connectivity index (χ4v) is 2.62. The summed E-state index contributed by atoms with van der Waals surface area (Å²) in [5, 5.41) is 3.13. The van der Waals surface area contributed by atoms with E-state index in [1.807, 2.05) is 35.9 Å². The van der Waals surface area contributed by atoms with Gasteiger partial charge >= 0.3 is 0 Å². The molecule has 0 aliphatic carbocycles. The SMILES string of the molecule is C=CCN(Cc1nccs1)Cc1ccccc1OC. The van der Waals surface area contributed by atoms with E-state index in [-0.39, 0.29) is 0 Å². The van der Waals surface area contributed by atoms with Crippen molar-refractivity contribution in [1.29, 1.82) is 0 Å². The van der Waals surface area contributed by atoms with Gasteiger partial charge in [-0.15, -0.1) is 17.9 Å². The molecule has 1 aromatic carbocycles. The van der Waals surface area contributed by atoms with Gasteiger partial charge in [-0.05, 0) is 6.07 Å². The van der Waals surface area contributed by atoms with Crippen LogP contribution in [0.4, 0.5) is 0 Å². The summed E-state index contributed by atoms with van der Waals surface area (Å²) in [6.45, 7) is 6.32. The average Bonchev–Trinajstić information content (AvgIpc) is 2.92. The van der Waals surface area contributed by atoms with Gasteiger partial charge in [0, 0.05) is 30.2 Å². The summed E-state index contributed by atoms with van der Waals surface area (Å²) >= 11 is 1.68. The third-order valence-electron chi connectivity index (χ3n) is 2.82. The molecule has 2 aromatic rings. The van der Waals surface area contributed by atoms with Crippen molar-refractivity contribution in [1.82, 2.24) is 9.88 Å². The van der Waals surface area contributed by atoms with E-state index in [0.29, 0.717) is 0 Å². The van der Waals surface area contributed by atoms with Crippen molar-refractivity contribution in [3.8, 4) is 5.75 Å². The van der Waals surface area contributed by atoms with Gasteiger partial charge in [0.2, 0.25) is 0 Å². The van der Waals surface area contributed by atoms with Crippen molar-refractivity contribution in [3.63, 3.8) is 0 Å². The molecule has 3 nitrogen and oxygen atoms in total. The quantitative estimate of drug-likeness (QED) is 0.724. The molecule has 0 atom stereocenters. The van der Waals surface area contributed by atoms with Gasteiger partial charge in [-0.2, -0.15) is 0 Å². The lowest BCUT2D eigenvalue weighted by Gasteiger charge is -2.20. The maximum absolute atomic E-state index is 5.39. The van der Waals surface area contributed by atoms with Crippen LogP contribution >= 0.6 is 11.3 Å². The molecule has 0 unspecified atom stereocenters. The van der Waals surface area contributed by atoms with E-state index < -0.39 is 0 Å². The van der Waals surface area contributed by atoms with Crippen molar-refractivity contribution in [2.24, 2.45) is 0 Å². The van der Waals surface area contributed by atoms with E-state index in [4.69, 9.17) is 4.74 Å². The van der Waals surface area contributed by atoms with Gasteiger partial charge in [-0.1, -0.05) is 24.3 Å². The molecular weight excluding hydrogens is 256 g/mol. The first-order chi connectivity index (χ1) is 9.33. The first-order valence-electron chi connectivity index (χ1n) is 6.17. The summed E-state index contributed by atoms with van der Waals surface area (Å²) in [6, 6.07) is 8.11. The molecule has 0 amide bonds. The van der Waals surface area contributed by atoms with Gasteiger partial charge in [-0.3, -0.25) is 4.90 Å². The number of rotatable bonds is 7. The minimum absolute atomic E-state index is 0.829. The average molecular weight is 274 g/mol. The van der Waals surface area contributed by atoms with Gasteiger partial charge < -0.3 is 4.74 Å². The predicted octanol–water partition coefficient (Wildman–Crippen LogP) is 3.34. The van der Waals surface area contributed by atoms with E-state index in [9.17, 15) is 0 Å². The molecule has 100 valence electrons. The monoisotopic (exact) mass is 274 g/mol. The van der Waals surface area contributed by atoms with Crippen LogP contribution in [0.2, 0.25) is 0 Å². The Morgan fingerprint density at radius 1 is 1.37 bits per heavy atom. The van der Waals surface area contributed by atoms with Gasteiger partial charge in [0.1, 0.15) is 10.8 Å². The molecular formula is C15H18N2OS. The van der Waals surface area contributed by atoms with Crippen molar-refractivity contribution in [3.05, 3.63) is 59.1 Å². The highest BCUT2D eigenvalue weighted by molar-refractivity contribution is 7.09. The standard InChI is InChI=1S/C15H18N2OS/c1-3-9-17(12-15-16-8-10-19-15)11-13-6-4-5-7-14(13)18-2/h3-8,10H,1,9,11-12H2,2H3. The smallest absolute Gasteiger partial charge is 0.123 e. The number of nitrogens with zero attached hydrogens (tertiary/aromatic N) is 2. The molecule has 0 aliphatic heterocycles. The highest BCUT2D eigenvalue weighted by Gasteiger charge is 2.10. The molecule has 0 fully saturated rings. The van der Waals surface area contributed by atoms with Crippen molar-refractivity contribution in [2.75, 3.05) is 13.7 Å². The van der Waals surface area contributed by atoms with Crippen LogP contribution in [0.3, 0.4) is 0 Å². The lowest BCUT2D eigenvalue weighted by Crippen LogP contribution is -2.23. The number of benzene rings is 1. The third-order valence-corrected chi connectivity index (χ3v) is 3.58. The Hall–Kier alpha value is -1.65. The third kappa shape index (κ3) is 3.91. The molecule has 1 aromatic heterocycles. The highest BCUT2D eigenvalue weighted by atomic mass is 32.1. The molecule has 0 aliphatic rings. The minimum atomic E-state index is 0.829. The van der Waals surface area contributed by atoms with Crippen LogP contribution in [-0.4, -0.2) is 23.5 Å². The van der Waals surface area contributed by atoms with Crippen LogP contribution in [0.1, 0.15) is 10.6 Å². The zero-order chi connectivity index (χ0) is 13.5. The van der Waals surface area contributed by atoms with Crippen molar-refractivity contribution >= 4 is 11.3 Å². The molecule has 0 spiro atoms. The molecule has 0 saturated heterocycles. The number of para-hydroxylation sites is 1. The van der Waals surface area contributed by atoms with Gasteiger partial charge in [0.25, 0.3) is 0 Å². The molecule has 0 saturated carbocycles. The van der Waals surface area contributed by atoms with Crippen LogP contribution in [0, 0.1) is 0 Å². The Kier molecular flexibility index (Phi) is 5.12. The van der Waals surface area contributed by atoms with Crippen molar-refractivity contribution in [2.45, 2.75) is 13.1 Å². The lowest BCUT2D eigenvalue weighted by atomic mass is 10.2. The van der Waals surface area contributed by atoms with E-state index in [1.165, 1.54) is 5.56 Å². The molecule has 0 bridgehead atoms. The number of hydrogen-bond donors (Lipinski definition) is 0. The second-order valence-corrected chi connectivity index (χ2v) is 5.18. The summed E-state index contributed by atoms with van der Waals surface area (Å²) in [6.07, 6.45) is 3.76. The summed E-state index contributed by atoms with van der Waals surface area (Å²) in [7, 11) is 1.71. The minimum Gasteiger partial charge on any atom is -0.496 e. The molecule has 4 heteroatoms. The maximum atomic E-state index is 5.39. The Morgan fingerprint density at radius 2 is 2.21 bits per heavy atom. The number of ether oxygens (including phenoxy) is 1. The summed E-state index contributed by atoms with van der Waals surface area (Å²) in [5.74, 6) is 0.927. The fraction of sp³-hybridized carbons (Fsp3) is 0.267. The largest absolute Gasteiger partial charge is 0.496 e. The van der Waals surface area contributed by atoms with E-state index in [1.54, 1.807) is 18.4 Å². The highest BCUT2D eigenvalue weighted by Crippen LogP contribution is 2.20. The summed E-state index contributed by atoms with van der Waals surface area (Å²) < 4.78 is 5.39. The Balaban J connectivity index is 2.09. The second kappa shape index (κ2) is 7.07. The Labute approximate surface area is 118 Å². The van der Waals surface area contributed by atoms with Crippen LogP contribution < -0.4 is 4.74 Å². The number of hydrogen-bond acceptors (Lipinski definition) is 4. The van der Waals surface area contributed by atoms with E-state index in [0.717, 1.165) is 30.4 Å². The molecule has 0 radical (unpaired) electrons. The zero-order valence-electron chi connectivity index (χ0n) is 11.1. The zero-order valence-corrected chi connectivity index (χ0v) is 11.9. The van der Waals surface area contributed by atoms with E-state index >= 15 is 0 Å². The number of thiazole rings is 1. The summed E-state index contributed by atoms with van der Waals surface area (Å²) in [5.41, 5.74) is 1.18. The number of aromatic nitrogens is 1. The van der Waals surface area contributed by atoms with Gasteiger partial charge in [0.15, 0.2) is 0 Å². The summed E-state index contributed by atoms with van der Waals surface area (Å²) in [4.78, 5) is 6.63. The second-order valence-electron chi connectivity index (χ2n) is 4.20. The van der Waals surface area contributed by atoms with Gasteiger partial charge in [-0.25, -0.2) is 4.98 Å². The maximum Gasteiger partial charge on any atom is 0.123 e. The normalized spacial score (nSPS) is 10.6.